The number of para-hydroxylation sites is 2. The van der Waals surface area contributed by atoms with Crippen molar-refractivity contribution in [2.24, 2.45) is 0 Å². The van der Waals surface area contributed by atoms with Gasteiger partial charge >= 0.3 is 0 Å². The lowest BCUT2D eigenvalue weighted by molar-refractivity contribution is 1.28. The SMILES string of the molecule is Cc1ccc(N(c2ccc(-c3ccc(/C=C/c4ccc(N(c5ccccc5)c5ccccc5)cc4)cc3)cc2)c2ccc3ccccc3c2)cc1. The molecule has 0 heterocycles. The summed E-state index contributed by atoms with van der Waals surface area (Å²) in [5, 5.41) is 2.47. The Hall–Kier alpha value is -6.64. The van der Waals surface area contributed by atoms with E-state index in [9.17, 15) is 0 Å². The lowest BCUT2D eigenvalue weighted by atomic mass is 10.0. The molecular formula is C49H38N2. The van der Waals surface area contributed by atoms with Gasteiger partial charge in [0, 0.05) is 34.1 Å². The van der Waals surface area contributed by atoms with E-state index < -0.39 is 0 Å². The smallest absolute Gasteiger partial charge is 0.0468 e. The predicted octanol–water partition coefficient (Wildman–Crippen LogP) is 13.9. The Morgan fingerprint density at radius 1 is 0.314 bits per heavy atom. The highest BCUT2D eigenvalue weighted by Crippen LogP contribution is 2.38. The molecule has 51 heavy (non-hydrogen) atoms. The van der Waals surface area contributed by atoms with Gasteiger partial charge in [0.05, 0.1) is 0 Å². The molecule has 2 heteroatoms. The first-order valence-corrected chi connectivity index (χ1v) is 17.4. The molecule has 0 aliphatic carbocycles. The third-order valence-corrected chi connectivity index (χ3v) is 9.30. The summed E-state index contributed by atoms with van der Waals surface area (Å²) in [4.78, 5) is 4.61. The van der Waals surface area contributed by atoms with Gasteiger partial charge in [-0.1, -0.05) is 145 Å². The predicted molar refractivity (Wildman–Crippen MR) is 219 cm³/mol. The molecule has 2 nitrogen and oxygen atoms in total. The minimum Gasteiger partial charge on any atom is -0.311 e. The first-order valence-electron chi connectivity index (χ1n) is 17.4. The van der Waals surface area contributed by atoms with Crippen molar-refractivity contribution in [3.05, 3.63) is 217 Å². The molecule has 0 bridgehead atoms. The van der Waals surface area contributed by atoms with E-state index >= 15 is 0 Å². The van der Waals surface area contributed by atoms with Crippen LogP contribution in [0.15, 0.2) is 200 Å². The van der Waals surface area contributed by atoms with Crippen LogP contribution in [0.2, 0.25) is 0 Å². The Morgan fingerprint density at radius 2 is 0.686 bits per heavy atom. The van der Waals surface area contributed by atoms with Gasteiger partial charge in [-0.25, -0.2) is 0 Å². The molecule has 0 radical (unpaired) electrons. The summed E-state index contributed by atoms with van der Waals surface area (Å²) in [5.41, 5.74) is 12.7. The van der Waals surface area contributed by atoms with Crippen molar-refractivity contribution in [1.82, 2.24) is 0 Å². The zero-order chi connectivity index (χ0) is 34.4. The molecule has 0 amide bonds. The van der Waals surface area contributed by atoms with Crippen LogP contribution in [-0.4, -0.2) is 0 Å². The van der Waals surface area contributed by atoms with Gasteiger partial charge in [-0.05, 0) is 113 Å². The van der Waals surface area contributed by atoms with Gasteiger partial charge in [0.15, 0.2) is 0 Å². The second-order valence-electron chi connectivity index (χ2n) is 12.8. The van der Waals surface area contributed by atoms with Crippen LogP contribution in [0.3, 0.4) is 0 Å². The lowest BCUT2D eigenvalue weighted by Gasteiger charge is -2.26. The molecule has 0 spiro atoms. The first kappa shape index (κ1) is 31.6. The van der Waals surface area contributed by atoms with Crippen LogP contribution < -0.4 is 9.80 Å². The minimum absolute atomic E-state index is 1.12. The summed E-state index contributed by atoms with van der Waals surface area (Å²) in [7, 11) is 0. The average molecular weight is 655 g/mol. The number of fused-ring (bicyclic) bond motifs is 1. The van der Waals surface area contributed by atoms with Crippen molar-refractivity contribution in [1.29, 1.82) is 0 Å². The number of hydrogen-bond acceptors (Lipinski definition) is 2. The van der Waals surface area contributed by atoms with E-state index in [4.69, 9.17) is 0 Å². The van der Waals surface area contributed by atoms with Crippen molar-refractivity contribution in [3.63, 3.8) is 0 Å². The normalized spacial score (nSPS) is 11.2. The maximum atomic E-state index is 2.33. The topological polar surface area (TPSA) is 6.48 Å². The average Bonchev–Trinajstić information content (AvgIpc) is 3.20. The van der Waals surface area contributed by atoms with Crippen molar-refractivity contribution >= 4 is 57.0 Å². The van der Waals surface area contributed by atoms with Crippen molar-refractivity contribution in [3.8, 4) is 11.1 Å². The molecule has 0 fully saturated rings. The Morgan fingerprint density at radius 3 is 1.24 bits per heavy atom. The van der Waals surface area contributed by atoms with Crippen LogP contribution in [-0.2, 0) is 0 Å². The van der Waals surface area contributed by atoms with Gasteiger partial charge in [0.1, 0.15) is 0 Å². The summed E-state index contributed by atoms with van der Waals surface area (Å²) in [6.45, 7) is 2.13. The van der Waals surface area contributed by atoms with Crippen LogP contribution >= 0.6 is 0 Å². The highest BCUT2D eigenvalue weighted by molar-refractivity contribution is 5.89. The van der Waals surface area contributed by atoms with E-state index in [1.165, 1.54) is 27.5 Å². The molecular weight excluding hydrogens is 617 g/mol. The summed E-state index contributed by atoms with van der Waals surface area (Å²) in [6, 6.07) is 71.4. The molecule has 0 saturated carbocycles. The lowest BCUT2D eigenvalue weighted by Crippen LogP contribution is -2.09. The zero-order valence-electron chi connectivity index (χ0n) is 28.6. The molecule has 8 aromatic rings. The monoisotopic (exact) mass is 654 g/mol. The van der Waals surface area contributed by atoms with E-state index in [-0.39, 0.29) is 0 Å². The van der Waals surface area contributed by atoms with Gasteiger partial charge in [-0.3, -0.25) is 0 Å². The summed E-state index contributed by atoms with van der Waals surface area (Å²) in [5.74, 6) is 0. The van der Waals surface area contributed by atoms with Crippen molar-refractivity contribution in [2.75, 3.05) is 9.80 Å². The Kier molecular flexibility index (Phi) is 8.96. The summed E-state index contributed by atoms with van der Waals surface area (Å²) >= 11 is 0. The highest BCUT2D eigenvalue weighted by atomic mass is 15.1. The van der Waals surface area contributed by atoms with E-state index in [0.29, 0.717) is 0 Å². The van der Waals surface area contributed by atoms with Crippen LogP contribution in [0.5, 0.6) is 0 Å². The summed E-state index contributed by atoms with van der Waals surface area (Å²) in [6.07, 6.45) is 4.35. The standard InChI is InChI=1S/C49H38N2/c1-37-16-29-46(30-17-37)51(49-35-28-40-10-8-9-11-43(40)36-49)48-33-26-42(27-34-48)41-24-20-38(21-25-41)18-19-39-22-31-47(32-23-39)50(44-12-4-2-5-13-44)45-14-6-3-7-15-45/h2-36H,1H3/b19-18+. The summed E-state index contributed by atoms with van der Waals surface area (Å²) < 4.78 is 0. The highest BCUT2D eigenvalue weighted by Gasteiger charge is 2.14. The third kappa shape index (κ3) is 7.08. The molecule has 0 aromatic heterocycles. The molecule has 0 aliphatic heterocycles. The second-order valence-corrected chi connectivity index (χ2v) is 12.8. The molecule has 0 aliphatic rings. The van der Waals surface area contributed by atoms with Gasteiger partial charge in [0.2, 0.25) is 0 Å². The van der Waals surface area contributed by atoms with Crippen molar-refractivity contribution in [2.45, 2.75) is 6.92 Å². The molecule has 8 rings (SSSR count). The largest absolute Gasteiger partial charge is 0.311 e. The first-order chi connectivity index (χ1) is 25.2. The number of benzene rings is 8. The molecule has 8 aromatic carbocycles. The van der Waals surface area contributed by atoms with Gasteiger partial charge < -0.3 is 9.80 Å². The molecule has 0 unspecified atom stereocenters. The number of anilines is 6. The fourth-order valence-electron chi connectivity index (χ4n) is 6.57. The Balaban J connectivity index is 0.998. The maximum absolute atomic E-state index is 2.33. The number of rotatable bonds is 9. The quantitative estimate of drug-likeness (QED) is 0.143. The van der Waals surface area contributed by atoms with Crippen LogP contribution in [0.25, 0.3) is 34.1 Å². The van der Waals surface area contributed by atoms with E-state index in [1.54, 1.807) is 0 Å². The van der Waals surface area contributed by atoms with Gasteiger partial charge in [-0.2, -0.15) is 0 Å². The number of nitrogens with zero attached hydrogens (tertiary/aromatic N) is 2. The minimum atomic E-state index is 1.12. The van der Waals surface area contributed by atoms with Gasteiger partial charge in [0.25, 0.3) is 0 Å². The molecule has 0 N–H and O–H groups in total. The molecule has 244 valence electrons. The maximum Gasteiger partial charge on any atom is 0.0468 e. The zero-order valence-corrected chi connectivity index (χ0v) is 28.6. The fourth-order valence-corrected chi connectivity index (χ4v) is 6.57. The van der Waals surface area contributed by atoms with E-state index in [0.717, 1.165) is 45.3 Å². The Bertz CT molecular complexity index is 2340. The third-order valence-electron chi connectivity index (χ3n) is 9.30. The Labute approximate surface area is 300 Å². The number of aryl methyl sites for hydroxylation is 1. The van der Waals surface area contributed by atoms with Crippen LogP contribution in [0.1, 0.15) is 16.7 Å². The molecule has 0 saturated heterocycles. The van der Waals surface area contributed by atoms with E-state index in [2.05, 4.69) is 229 Å². The van der Waals surface area contributed by atoms with Crippen LogP contribution in [0, 0.1) is 6.92 Å². The van der Waals surface area contributed by atoms with E-state index in [1.807, 2.05) is 0 Å². The fraction of sp³-hybridized carbons (Fsp3) is 0.0204. The molecule has 0 atom stereocenters. The second kappa shape index (κ2) is 14.5. The van der Waals surface area contributed by atoms with Gasteiger partial charge in [-0.15, -0.1) is 0 Å². The van der Waals surface area contributed by atoms with Crippen LogP contribution in [0.4, 0.5) is 34.1 Å². The number of hydrogen-bond donors (Lipinski definition) is 0. The van der Waals surface area contributed by atoms with Crippen molar-refractivity contribution < 1.29 is 0 Å².